The third-order valence-electron chi connectivity index (χ3n) is 2.72. The van der Waals surface area contributed by atoms with Crippen molar-refractivity contribution in [1.29, 1.82) is 0 Å². The third-order valence-corrected chi connectivity index (χ3v) is 2.72. The monoisotopic (exact) mass is 212 g/mol. The molecule has 1 aliphatic rings. The molecule has 3 nitrogen and oxygen atoms in total. The second-order valence-electron chi connectivity index (χ2n) is 3.99. The summed E-state index contributed by atoms with van der Waals surface area (Å²) in [4.78, 5) is 0. The smallest absolute Gasteiger partial charge is 0.196 e. The summed E-state index contributed by atoms with van der Waals surface area (Å²) in [6.07, 6.45) is 1.80. The SMILES string of the molecule is COc1c(F)ccc(CC2(O)CC2)c1O. The Morgan fingerprint density at radius 2 is 2.13 bits per heavy atom. The highest BCUT2D eigenvalue weighted by Crippen LogP contribution is 2.42. The van der Waals surface area contributed by atoms with Crippen LogP contribution in [0.4, 0.5) is 4.39 Å². The van der Waals surface area contributed by atoms with Crippen LogP contribution in [0.25, 0.3) is 0 Å². The average molecular weight is 212 g/mol. The molecule has 1 aliphatic carbocycles. The molecule has 0 saturated heterocycles. The predicted molar refractivity (Wildman–Crippen MR) is 52.5 cm³/mol. The summed E-state index contributed by atoms with van der Waals surface area (Å²) in [5.41, 5.74) is -0.186. The average Bonchev–Trinajstić information content (AvgIpc) is 2.90. The van der Waals surface area contributed by atoms with Crippen LogP contribution < -0.4 is 4.74 Å². The Morgan fingerprint density at radius 3 is 2.67 bits per heavy atom. The van der Waals surface area contributed by atoms with Crippen LogP contribution in [0.5, 0.6) is 11.5 Å². The molecule has 0 heterocycles. The normalized spacial score (nSPS) is 17.5. The Kier molecular flexibility index (Phi) is 2.31. The number of phenolic OH excluding ortho intramolecular Hbond substituents is 1. The lowest BCUT2D eigenvalue weighted by atomic mass is 10.0. The van der Waals surface area contributed by atoms with Gasteiger partial charge in [0.05, 0.1) is 12.7 Å². The van der Waals surface area contributed by atoms with E-state index >= 15 is 0 Å². The van der Waals surface area contributed by atoms with E-state index in [1.54, 1.807) is 0 Å². The maximum absolute atomic E-state index is 13.1. The van der Waals surface area contributed by atoms with Gasteiger partial charge in [-0.3, -0.25) is 0 Å². The van der Waals surface area contributed by atoms with Gasteiger partial charge in [-0.1, -0.05) is 6.07 Å². The van der Waals surface area contributed by atoms with E-state index in [9.17, 15) is 14.6 Å². The van der Waals surface area contributed by atoms with E-state index in [1.165, 1.54) is 19.2 Å². The largest absolute Gasteiger partial charge is 0.504 e. The van der Waals surface area contributed by atoms with Crippen molar-refractivity contribution < 1.29 is 19.3 Å². The van der Waals surface area contributed by atoms with Crippen LogP contribution in [-0.4, -0.2) is 22.9 Å². The number of hydrogen-bond acceptors (Lipinski definition) is 3. The van der Waals surface area contributed by atoms with Gasteiger partial charge in [0.15, 0.2) is 17.3 Å². The highest BCUT2D eigenvalue weighted by Gasteiger charge is 2.41. The first-order valence-electron chi connectivity index (χ1n) is 4.82. The molecule has 1 fully saturated rings. The summed E-state index contributed by atoms with van der Waals surface area (Å²) in [6, 6.07) is 2.71. The van der Waals surface area contributed by atoms with Gasteiger partial charge < -0.3 is 14.9 Å². The molecule has 0 amide bonds. The highest BCUT2D eigenvalue weighted by molar-refractivity contribution is 5.47. The topological polar surface area (TPSA) is 49.7 Å². The summed E-state index contributed by atoms with van der Waals surface area (Å²) in [5.74, 6) is -0.962. The Morgan fingerprint density at radius 1 is 1.47 bits per heavy atom. The molecular formula is C11H13FO3. The fourth-order valence-corrected chi connectivity index (χ4v) is 1.60. The Labute approximate surface area is 87.1 Å². The molecule has 0 aromatic heterocycles. The van der Waals surface area contributed by atoms with Gasteiger partial charge >= 0.3 is 0 Å². The molecular weight excluding hydrogens is 199 g/mol. The van der Waals surface area contributed by atoms with E-state index in [0.717, 1.165) is 12.8 Å². The van der Waals surface area contributed by atoms with Gasteiger partial charge in [0.25, 0.3) is 0 Å². The van der Waals surface area contributed by atoms with Crippen LogP contribution in [0, 0.1) is 5.82 Å². The zero-order valence-corrected chi connectivity index (χ0v) is 8.46. The van der Waals surface area contributed by atoms with E-state index in [4.69, 9.17) is 4.74 Å². The number of hydrogen-bond donors (Lipinski definition) is 2. The van der Waals surface area contributed by atoms with Crippen LogP contribution in [0.15, 0.2) is 12.1 Å². The molecule has 0 aliphatic heterocycles. The first-order chi connectivity index (χ1) is 7.06. The second kappa shape index (κ2) is 3.38. The zero-order valence-electron chi connectivity index (χ0n) is 8.46. The maximum atomic E-state index is 13.1. The summed E-state index contributed by atoms with van der Waals surface area (Å²) >= 11 is 0. The number of rotatable bonds is 3. The maximum Gasteiger partial charge on any atom is 0.196 e. The highest BCUT2D eigenvalue weighted by atomic mass is 19.1. The molecule has 0 radical (unpaired) electrons. The summed E-state index contributed by atoms with van der Waals surface area (Å²) in [6.45, 7) is 0. The standard InChI is InChI=1S/C11H13FO3/c1-15-10-8(12)3-2-7(9(10)13)6-11(14)4-5-11/h2-3,13-14H,4-6H2,1H3. The van der Waals surface area contributed by atoms with Crippen molar-refractivity contribution in [1.82, 2.24) is 0 Å². The van der Waals surface area contributed by atoms with E-state index in [-0.39, 0.29) is 11.5 Å². The fraction of sp³-hybridized carbons (Fsp3) is 0.455. The molecule has 82 valence electrons. The fourth-order valence-electron chi connectivity index (χ4n) is 1.60. The number of halogens is 1. The molecule has 2 N–H and O–H groups in total. The van der Waals surface area contributed by atoms with E-state index < -0.39 is 11.4 Å². The van der Waals surface area contributed by atoms with Crippen LogP contribution in [-0.2, 0) is 6.42 Å². The zero-order chi connectivity index (χ0) is 11.1. The lowest BCUT2D eigenvalue weighted by molar-refractivity contribution is 0.149. The molecule has 0 unspecified atom stereocenters. The number of methoxy groups -OCH3 is 1. The van der Waals surface area contributed by atoms with E-state index in [1.807, 2.05) is 0 Å². The minimum atomic E-state index is -0.708. The Hall–Kier alpha value is -1.29. The number of phenols is 1. The van der Waals surface area contributed by atoms with Gasteiger partial charge in [-0.2, -0.15) is 0 Å². The molecule has 15 heavy (non-hydrogen) atoms. The molecule has 1 aromatic carbocycles. The van der Waals surface area contributed by atoms with Gasteiger partial charge in [0.2, 0.25) is 0 Å². The summed E-state index contributed by atoms with van der Waals surface area (Å²) in [5, 5.41) is 19.4. The minimum Gasteiger partial charge on any atom is -0.504 e. The second-order valence-corrected chi connectivity index (χ2v) is 3.99. The molecule has 1 aromatic rings. The van der Waals surface area contributed by atoms with Crippen molar-refractivity contribution in [3.63, 3.8) is 0 Å². The van der Waals surface area contributed by atoms with Gasteiger partial charge in [-0.15, -0.1) is 0 Å². The summed E-state index contributed by atoms with van der Waals surface area (Å²) < 4.78 is 17.9. The number of aromatic hydroxyl groups is 1. The van der Waals surface area contributed by atoms with Crippen molar-refractivity contribution in [3.8, 4) is 11.5 Å². The van der Waals surface area contributed by atoms with E-state index in [2.05, 4.69) is 0 Å². The lowest BCUT2D eigenvalue weighted by Gasteiger charge is -2.12. The van der Waals surface area contributed by atoms with Gasteiger partial charge in [-0.25, -0.2) is 4.39 Å². The first kappa shape index (κ1) is 10.2. The molecule has 4 heteroatoms. The molecule has 0 spiro atoms. The molecule has 1 saturated carbocycles. The van der Waals surface area contributed by atoms with Crippen LogP contribution in [0.3, 0.4) is 0 Å². The number of aliphatic hydroxyl groups is 1. The summed E-state index contributed by atoms with van der Waals surface area (Å²) in [7, 11) is 1.30. The molecule has 2 rings (SSSR count). The minimum absolute atomic E-state index is 0.156. The lowest BCUT2D eigenvalue weighted by Crippen LogP contribution is -2.11. The van der Waals surface area contributed by atoms with E-state index in [0.29, 0.717) is 12.0 Å². The quantitative estimate of drug-likeness (QED) is 0.800. The Bertz CT molecular complexity index is 386. The van der Waals surface area contributed by atoms with Crippen molar-refractivity contribution in [2.24, 2.45) is 0 Å². The predicted octanol–water partition coefficient (Wildman–Crippen LogP) is 1.61. The van der Waals surface area contributed by atoms with Crippen molar-refractivity contribution in [2.75, 3.05) is 7.11 Å². The molecule has 0 bridgehead atoms. The van der Waals surface area contributed by atoms with Crippen molar-refractivity contribution >= 4 is 0 Å². The van der Waals surface area contributed by atoms with Crippen molar-refractivity contribution in [3.05, 3.63) is 23.5 Å². The van der Waals surface area contributed by atoms with Crippen LogP contribution in [0.1, 0.15) is 18.4 Å². The Balaban J connectivity index is 2.31. The van der Waals surface area contributed by atoms with Crippen LogP contribution >= 0.6 is 0 Å². The van der Waals surface area contributed by atoms with Crippen molar-refractivity contribution in [2.45, 2.75) is 24.9 Å². The van der Waals surface area contributed by atoms with Crippen LogP contribution in [0.2, 0.25) is 0 Å². The van der Waals surface area contributed by atoms with Gasteiger partial charge in [-0.05, 0) is 18.9 Å². The number of benzene rings is 1. The molecule has 0 atom stereocenters. The van der Waals surface area contributed by atoms with Gasteiger partial charge in [0.1, 0.15) is 0 Å². The first-order valence-corrected chi connectivity index (χ1v) is 4.82. The number of ether oxygens (including phenoxy) is 1. The van der Waals surface area contributed by atoms with Gasteiger partial charge in [0, 0.05) is 12.0 Å². The third kappa shape index (κ3) is 1.90.